The number of pyridine rings is 1. The van der Waals surface area contributed by atoms with Gasteiger partial charge in [-0.1, -0.05) is 6.07 Å². The van der Waals surface area contributed by atoms with Gasteiger partial charge in [0.2, 0.25) is 0 Å². The summed E-state index contributed by atoms with van der Waals surface area (Å²) in [4.78, 5) is 9.54. The van der Waals surface area contributed by atoms with Crippen LogP contribution in [0, 0.1) is 0 Å². The molecule has 2 aliphatic rings. The van der Waals surface area contributed by atoms with Crippen molar-refractivity contribution >= 4 is 0 Å². The molecule has 2 fully saturated rings. The molecule has 22 heavy (non-hydrogen) atoms. The Bertz CT molecular complexity index is 425. The monoisotopic (exact) mass is 303 g/mol. The van der Waals surface area contributed by atoms with Gasteiger partial charge in [-0.15, -0.1) is 0 Å². The highest BCUT2D eigenvalue weighted by molar-refractivity contribution is 5.03. The Morgan fingerprint density at radius 3 is 2.82 bits per heavy atom. The van der Waals surface area contributed by atoms with Crippen molar-refractivity contribution in [1.29, 1.82) is 0 Å². The Labute approximate surface area is 134 Å². The second-order valence-electron chi connectivity index (χ2n) is 6.72. The zero-order chi connectivity index (χ0) is 15.2. The predicted molar refractivity (Wildman–Crippen MR) is 89.0 cm³/mol. The van der Waals surface area contributed by atoms with E-state index < -0.39 is 0 Å². The van der Waals surface area contributed by atoms with E-state index in [0.717, 1.165) is 32.2 Å². The molecule has 0 unspecified atom stereocenters. The molecule has 1 aromatic rings. The smallest absolute Gasteiger partial charge is 0.0702 e. The molecule has 1 aromatic heterocycles. The number of aromatic nitrogens is 1. The Balaban J connectivity index is 1.36. The van der Waals surface area contributed by atoms with E-state index >= 15 is 0 Å². The maximum atomic E-state index is 5.76. The minimum Gasteiger partial charge on any atom is -0.377 e. The van der Waals surface area contributed by atoms with Crippen LogP contribution in [0.25, 0.3) is 0 Å². The molecule has 0 saturated carbocycles. The van der Waals surface area contributed by atoms with E-state index in [0.29, 0.717) is 6.10 Å². The summed E-state index contributed by atoms with van der Waals surface area (Å²) in [7, 11) is 2.27. The van der Waals surface area contributed by atoms with Gasteiger partial charge in [0.25, 0.3) is 0 Å². The second kappa shape index (κ2) is 8.04. The summed E-state index contributed by atoms with van der Waals surface area (Å²) in [6.45, 7) is 5.64. The summed E-state index contributed by atoms with van der Waals surface area (Å²) in [5, 5.41) is 0. The zero-order valence-electron chi connectivity index (χ0n) is 13.8. The van der Waals surface area contributed by atoms with Crippen LogP contribution < -0.4 is 0 Å². The lowest BCUT2D eigenvalue weighted by atomic mass is 10.0. The summed E-state index contributed by atoms with van der Waals surface area (Å²) >= 11 is 0. The van der Waals surface area contributed by atoms with Crippen LogP contribution in [0.15, 0.2) is 24.4 Å². The third-order valence-corrected chi connectivity index (χ3v) is 5.11. The van der Waals surface area contributed by atoms with Crippen molar-refractivity contribution < 1.29 is 4.74 Å². The first-order valence-corrected chi connectivity index (χ1v) is 8.75. The van der Waals surface area contributed by atoms with Crippen LogP contribution in [0.4, 0.5) is 0 Å². The highest BCUT2D eigenvalue weighted by Gasteiger charge is 2.25. The fraction of sp³-hybridized carbons (Fsp3) is 0.722. The van der Waals surface area contributed by atoms with E-state index in [1.165, 1.54) is 44.5 Å². The number of hydrogen-bond acceptors (Lipinski definition) is 4. The third-order valence-electron chi connectivity index (χ3n) is 5.11. The number of ether oxygens (including phenoxy) is 1. The maximum Gasteiger partial charge on any atom is 0.0702 e. The van der Waals surface area contributed by atoms with Gasteiger partial charge < -0.3 is 14.5 Å². The van der Waals surface area contributed by atoms with Crippen molar-refractivity contribution in [2.24, 2.45) is 0 Å². The lowest BCUT2D eigenvalue weighted by Gasteiger charge is -2.37. The third kappa shape index (κ3) is 4.51. The molecule has 0 N–H and O–H groups in total. The molecule has 3 heterocycles. The summed E-state index contributed by atoms with van der Waals surface area (Å²) < 4.78 is 5.76. The van der Waals surface area contributed by atoms with Crippen molar-refractivity contribution in [2.45, 2.75) is 44.2 Å². The minimum atomic E-state index is 0.479. The van der Waals surface area contributed by atoms with Crippen LogP contribution in [0.3, 0.4) is 0 Å². The van der Waals surface area contributed by atoms with Crippen LogP contribution in [0.1, 0.15) is 31.4 Å². The summed E-state index contributed by atoms with van der Waals surface area (Å²) in [5.74, 6) is 0. The number of rotatable bonds is 6. The van der Waals surface area contributed by atoms with Gasteiger partial charge in [0.15, 0.2) is 0 Å². The van der Waals surface area contributed by atoms with Crippen LogP contribution >= 0.6 is 0 Å². The van der Waals surface area contributed by atoms with Gasteiger partial charge in [-0.25, -0.2) is 0 Å². The average molecular weight is 303 g/mol. The first-order chi connectivity index (χ1) is 10.8. The normalized spacial score (nSPS) is 24.2. The maximum absolute atomic E-state index is 5.76. The van der Waals surface area contributed by atoms with E-state index in [9.17, 15) is 0 Å². The van der Waals surface area contributed by atoms with Gasteiger partial charge in [-0.3, -0.25) is 4.98 Å². The lowest BCUT2D eigenvalue weighted by Crippen LogP contribution is -2.45. The van der Waals surface area contributed by atoms with Crippen molar-refractivity contribution in [1.82, 2.24) is 14.8 Å². The molecule has 4 nitrogen and oxygen atoms in total. The molecule has 3 rings (SSSR count). The van der Waals surface area contributed by atoms with Crippen LogP contribution in [-0.2, 0) is 11.2 Å². The molecule has 0 radical (unpaired) electrons. The summed E-state index contributed by atoms with van der Waals surface area (Å²) in [6.07, 6.45) is 8.49. The van der Waals surface area contributed by atoms with Crippen molar-refractivity contribution in [3.8, 4) is 0 Å². The number of likely N-dealkylation sites (tertiary alicyclic amines) is 1. The topological polar surface area (TPSA) is 28.6 Å². The highest BCUT2D eigenvalue weighted by atomic mass is 16.5. The van der Waals surface area contributed by atoms with E-state index in [2.05, 4.69) is 34.0 Å². The molecule has 1 atom stereocenters. The molecule has 122 valence electrons. The second-order valence-corrected chi connectivity index (χ2v) is 6.72. The van der Waals surface area contributed by atoms with Gasteiger partial charge in [-0.05, 0) is 58.0 Å². The molecule has 0 aliphatic carbocycles. The van der Waals surface area contributed by atoms with Gasteiger partial charge in [0.05, 0.1) is 6.10 Å². The Morgan fingerprint density at radius 1 is 1.27 bits per heavy atom. The first kappa shape index (κ1) is 15.9. The van der Waals surface area contributed by atoms with E-state index in [1.807, 2.05) is 12.3 Å². The zero-order valence-corrected chi connectivity index (χ0v) is 13.8. The number of likely N-dealkylation sites (N-methyl/N-ethyl adjacent to an activating group) is 1. The van der Waals surface area contributed by atoms with Gasteiger partial charge in [0.1, 0.15) is 0 Å². The van der Waals surface area contributed by atoms with Crippen LogP contribution in [-0.4, -0.2) is 66.8 Å². The first-order valence-electron chi connectivity index (χ1n) is 8.75. The van der Waals surface area contributed by atoms with E-state index in [1.54, 1.807) is 0 Å². The molecule has 2 aliphatic heterocycles. The summed E-state index contributed by atoms with van der Waals surface area (Å²) in [6, 6.07) is 6.92. The predicted octanol–water partition coefficient (Wildman–Crippen LogP) is 2.20. The standard InChI is InChI=1S/C18H29N3O/c1-20(15-18-6-4-14-22-18)17-8-12-21(13-9-17)11-7-16-5-2-3-10-19-16/h2-3,5,10,17-18H,4,6-9,11-15H2,1H3/t18-/m0/s1. The van der Waals surface area contributed by atoms with Gasteiger partial charge in [0, 0.05) is 44.0 Å². The van der Waals surface area contributed by atoms with Gasteiger partial charge in [-0.2, -0.15) is 0 Å². The molecule has 0 bridgehead atoms. The Kier molecular flexibility index (Phi) is 5.82. The molecule has 4 heteroatoms. The highest BCUT2D eigenvalue weighted by Crippen LogP contribution is 2.19. The Hall–Kier alpha value is -0.970. The Morgan fingerprint density at radius 2 is 2.14 bits per heavy atom. The molecule has 2 saturated heterocycles. The quantitative estimate of drug-likeness (QED) is 0.805. The average Bonchev–Trinajstić information content (AvgIpc) is 3.07. The van der Waals surface area contributed by atoms with Crippen LogP contribution in [0.2, 0.25) is 0 Å². The number of nitrogens with zero attached hydrogens (tertiary/aromatic N) is 3. The molecular formula is C18H29N3O. The van der Waals surface area contributed by atoms with Crippen LogP contribution in [0.5, 0.6) is 0 Å². The van der Waals surface area contributed by atoms with Gasteiger partial charge >= 0.3 is 0 Å². The van der Waals surface area contributed by atoms with E-state index in [-0.39, 0.29) is 0 Å². The minimum absolute atomic E-state index is 0.479. The molecule has 0 amide bonds. The fourth-order valence-electron chi connectivity index (χ4n) is 3.66. The number of hydrogen-bond donors (Lipinski definition) is 0. The SMILES string of the molecule is CN(C[C@@H]1CCCO1)C1CCN(CCc2ccccn2)CC1. The molecule has 0 spiro atoms. The number of piperidine rings is 1. The van der Waals surface area contributed by atoms with Crippen molar-refractivity contribution in [3.05, 3.63) is 30.1 Å². The van der Waals surface area contributed by atoms with Crippen molar-refractivity contribution in [3.63, 3.8) is 0 Å². The van der Waals surface area contributed by atoms with Crippen molar-refractivity contribution in [2.75, 3.05) is 39.8 Å². The lowest BCUT2D eigenvalue weighted by molar-refractivity contribution is 0.0516. The molecule has 0 aromatic carbocycles. The molecular weight excluding hydrogens is 274 g/mol. The fourth-order valence-corrected chi connectivity index (χ4v) is 3.66. The summed E-state index contributed by atoms with van der Waals surface area (Å²) in [5.41, 5.74) is 1.21. The van der Waals surface area contributed by atoms with E-state index in [4.69, 9.17) is 4.74 Å². The largest absolute Gasteiger partial charge is 0.377 e.